The molecule has 0 aromatic carbocycles. The molecule has 0 aliphatic rings. The van der Waals surface area contributed by atoms with Crippen LogP contribution in [-0.4, -0.2) is 31.7 Å². The molecule has 122 valence electrons. The smallest absolute Gasteiger partial charge is 0.356 e. The Kier molecular flexibility index (Phi) is 4.22. The molecule has 23 heavy (non-hydrogen) atoms. The number of aryl methyl sites for hydroxylation is 1. The lowest BCUT2D eigenvalue weighted by Crippen LogP contribution is -2.27. The number of aromatic nitrogens is 3. The molecule has 2 heterocycles. The van der Waals surface area contributed by atoms with E-state index in [0.717, 1.165) is 5.56 Å². The summed E-state index contributed by atoms with van der Waals surface area (Å²) < 4.78 is 1.52. The van der Waals surface area contributed by atoms with Crippen molar-refractivity contribution in [1.29, 1.82) is 0 Å². The Balaban J connectivity index is 2.31. The van der Waals surface area contributed by atoms with Gasteiger partial charge in [-0.15, -0.1) is 0 Å². The summed E-state index contributed by atoms with van der Waals surface area (Å²) in [6, 6.07) is 3.47. The number of aromatic carboxylic acids is 1. The van der Waals surface area contributed by atoms with Gasteiger partial charge in [-0.1, -0.05) is 20.8 Å². The van der Waals surface area contributed by atoms with Crippen LogP contribution in [-0.2, 0) is 11.8 Å². The molecule has 0 bridgehead atoms. The monoisotopic (exact) mass is 316 g/mol. The average Bonchev–Trinajstić information content (AvgIpc) is 2.74. The molecule has 0 radical (unpaired) electrons. The maximum Gasteiger partial charge on any atom is 0.356 e. The van der Waals surface area contributed by atoms with E-state index >= 15 is 0 Å². The SMILES string of the molecule is Cc1c(C(=O)O)nn(C)c1-c1ccc(NC(=O)C(C)(C)C)nc1. The molecule has 0 aliphatic heterocycles. The number of nitrogens with one attached hydrogen (secondary N) is 1. The number of carbonyl (C=O) groups excluding carboxylic acids is 1. The van der Waals surface area contributed by atoms with E-state index in [0.29, 0.717) is 17.1 Å². The van der Waals surface area contributed by atoms with Crippen LogP contribution in [0.1, 0.15) is 36.8 Å². The van der Waals surface area contributed by atoms with Crippen molar-refractivity contribution in [1.82, 2.24) is 14.8 Å². The van der Waals surface area contributed by atoms with Gasteiger partial charge >= 0.3 is 5.97 Å². The van der Waals surface area contributed by atoms with Crippen LogP contribution in [0.25, 0.3) is 11.3 Å². The van der Waals surface area contributed by atoms with Gasteiger partial charge < -0.3 is 10.4 Å². The molecule has 2 N–H and O–H groups in total. The summed E-state index contributed by atoms with van der Waals surface area (Å²) in [5, 5.41) is 15.9. The largest absolute Gasteiger partial charge is 0.476 e. The quantitative estimate of drug-likeness (QED) is 0.906. The molecular formula is C16H20N4O3. The highest BCUT2D eigenvalue weighted by molar-refractivity contribution is 5.94. The number of rotatable bonds is 3. The van der Waals surface area contributed by atoms with Crippen LogP contribution in [0.3, 0.4) is 0 Å². The molecule has 1 amide bonds. The van der Waals surface area contributed by atoms with E-state index in [9.17, 15) is 9.59 Å². The van der Waals surface area contributed by atoms with Crippen LogP contribution in [0.15, 0.2) is 18.3 Å². The van der Waals surface area contributed by atoms with Crippen LogP contribution < -0.4 is 5.32 Å². The molecule has 0 spiro atoms. The summed E-state index contributed by atoms with van der Waals surface area (Å²) in [6.45, 7) is 7.18. The maximum absolute atomic E-state index is 11.9. The number of pyridine rings is 1. The van der Waals surface area contributed by atoms with E-state index in [1.165, 1.54) is 4.68 Å². The minimum Gasteiger partial charge on any atom is -0.476 e. The predicted molar refractivity (Wildman–Crippen MR) is 86.2 cm³/mol. The Bertz CT molecular complexity index is 755. The number of anilines is 1. The first-order chi connectivity index (χ1) is 10.6. The third-order valence-electron chi connectivity index (χ3n) is 3.45. The van der Waals surface area contributed by atoms with E-state index in [-0.39, 0.29) is 11.6 Å². The zero-order chi connectivity index (χ0) is 17.4. The minimum absolute atomic E-state index is 0.0209. The maximum atomic E-state index is 11.9. The number of hydrogen-bond acceptors (Lipinski definition) is 4. The summed E-state index contributed by atoms with van der Waals surface area (Å²) in [6.07, 6.45) is 1.59. The number of carboxylic acid groups (broad SMARTS) is 1. The lowest BCUT2D eigenvalue weighted by molar-refractivity contribution is -0.123. The Hall–Kier alpha value is -2.70. The van der Waals surface area contributed by atoms with Crippen molar-refractivity contribution < 1.29 is 14.7 Å². The van der Waals surface area contributed by atoms with Gasteiger partial charge in [-0.2, -0.15) is 5.10 Å². The Morgan fingerprint density at radius 2 is 1.91 bits per heavy atom. The topological polar surface area (TPSA) is 97.1 Å². The van der Waals surface area contributed by atoms with E-state index in [2.05, 4.69) is 15.4 Å². The molecule has 7 nitrogen and oxygen atoms in total. The number of carbonyl (C=O) groups is 2. The van der Waals surface area contributed by atoms with Gasteiger partial charge in [0.05, 0.1) is 5.69 Å². The van der Waals surface area contributed by atoms with Crippen molar-refractivity contribution in [3.63, 3.8) is 0 Å². The Morgan fingerprint density at radius 3 is 2.35 bits per heavy atom. The van der Waals surface area contributed by atoms with Crippen molar-refractivity contribution in [2.75, 3.05) is 5.32 Å². The van der Waals surface area contributed by atoms with Gasteiger partial charge in [0.25, 0.3) is 0 Å². The number of nitrogens with zero attached hydrogens (tertiary/aromatic N) is 3. The van der Waals surface area contributed by atoms with Crippen molar-refractivity contribution in [2.45, 2.75) is 27.7 Å². The first-order valence-electron chi connectivity index (χ1n) is 7.16. The predicted octanol–water partition coefficient (Wildman–Crippen LogP) is 2.47. The number of carboxylic acids is 1. The van der Waals surface area contributed by atoms with Gasteiger partial charge in [0.15, 0.2) is 5.69 Å². The number of amides is 1. The Morgan fingerprint density at radius 1 is 1.26 bits per heavy atom. The third kappa shape index (κ3) is 3.39. The average molecular weight is 316 g/mol. The van der Waals surface area contributed by atoms with Crippen LogP contribution in [0, 0.1) is 12.3 Å². The van der Waals surface area contributed by atoms with Gasteiger partial charge in [-0.05, 0) is 19.1 Å². The van der Waals surface area contributed by atoms with Gasteiger partial charge in [0.1, 0.15) is 5.82 Å². The van der Waals surface area contributed by atoms with Crippen LogP contribution in [0.4, 0.5) is 5.82 Å². The van der Waals surface area contributed by atoms with Gasteiger partial charge in [0, 0.05) is 29.8 Å². The van der Waals surface area contributed by atoms with Crippen LogP contribution >= 0.6 is 0 Å². The van der Waals surface area contributed by atoms with Gasteiger partial charge in [-0.25, -0.2) is 9.78 Å². The fourth-order valence-corrected chi connectivity index (χ4v) is 2.15. The number of hydrogen-bond donors (Lipinski definition) is 2. The van der Waals surface area contributed by atoms with Gasteiger partial charge in [-0.3, -0.25) is 9.48 Å². The second kappa shape index (κ2) is 5.83. The van der Waals surface area contributed by atoms with Crippen LogP contribution in [0.5, 0.6) is 0 Å². The normalized spacial score (nSPS) is 11.3. The molecule has 0 aliphatic carbocycles. The summed E-state index contributed by atoms with van der Waals surface area (Å²) in [5.41, 5.74) is 1.51. The fraction of sp³-hybridized carbons (Fsp3) is 0.375. The van der Waals surface area contributed by atoms with Crippen LogP contribution in [0.2, 0.25) is 0 Å². The molecule has 7 heteroatoms. The van der Waals surface area contributed by atoms with Crippen molar-refractivity contribution in [2.24, 2.45) is 12.5 Å². The first kappa shape index (κ1) is 16.7. The molecule has 0 saturated carbocycles. The van der Waals surface area contributed by atoms with E-state index < -0.39 is 11.4 Å². The summed E-state index contributed by atoms with van der Waals surface area (Å²) in [4.78, 5) is 27.3. The molecule has 2 rings (SSSR count). The summed E-state index contributed by atoms with van der Waals surface area (Å²) >= 11 is 0. The third-order valence-corrected chi connectivity index (χ3v) is 3.45. The summed E-state index contributed by atoms with van der Waals surface area (Å²) in [7, 11) is 1.68. The lowest BCUT2D eigenvalue weighted by atomic mass is 9.96. The fourth-order valence-electron chi connectivity index (χ4n) is 2.15. The lowest BCUT2D eigenvalue weighted by Gasteiger charge is -2.17. The molecule has 2 aromatic heterocycles. The van der Waals surface area contributed by atoms with E-state index in [1.807, 2.05) is 20.8 Å². The van der Waals surface area contributed by atoms with Crippen molar-refractivity contribution in [3.8, 4) is 11.3 Å². The van der Waals surface area contributed by atoms with Gasteiger partial charge in [0.2, 0.25) is 5.91 Å². The standard InChI is InChI=1S/C16H20N4O3/c1-9-12(14(21)22)19-20(5)13(9)10-6-7-11(17-8-10)18-15(23)16(2,3)4/h6-8H,1-5H3,(H,21,22)(H,17,18,23). The van der Waals surface area contributed by atoms with E-state index in [4.69, 9.17) is 5.11 Å². The second-order valence-corrected chi connectivity index (χ2v) is 6.39. The zero-order valence-corrected chi connectivity index (χ0v) is 13.8. The molecule has 0 saturated heterocycles. The highest BCUT2D eigenvalue weighted by Gasteiger charge is 2.22. The molecule has 0 atom stereocenters. The minimum atomic E-state index is -1.06. The second-order valence-electron chi connectivity index (χ2n) is 6.39. The molecule has 2 aromatic rings. The van der Waals surface area contributed by atoms with E-state index in [1.54, 1.807) is 32.3 Å². The molecular weight excluding hydrogens is 296 g/mol. The molecule has 0 unspecified atom stereocenters. The molecule has 0 fully saturated rings. The highest BCUT2D eigenvalue weighted by Crippen LogP contribution is 2.26. The summed E-state index contributed by atoms with van der Waals surface area (Å²) in [5.74, 6) is -0.735. The van der Waals surface area contributed by atoms with Crippen molar-refractivity contribution >= 4 is 17.7 Å². The first-order valence-corrected chi connectivity index (χ1v) is 7.16. The van der Waals surface area contributed by atoms with Crippen molar-refractivity contribution in [3.05, 3.63) is 29.6 Å². The zero-order valence-electron chi connectivity index (χ0n) is 13.8. The highest BCUT2D eigenvalue weighted by atomic mass is 16.4. The Labute approximate surface area is 134 Å².